The van der Waals surface area contributed by atoms with Gasteiger partial charge >= 0.3 is 0 Å². The van der Waals surface area contributed by atoms with Crippen LogP contribution in [0.3, 0.4) is 0 Å². The van der Waals surface area contributed by atoms with E-state index in [0.29, 0.717) is 6.42 Å². The van der Waals surface area contributed by atoms with Gasteiger partial charge in [0, 0.05) is 18.0 Å². The van der Waals surface area contributed by atoms with Crippen LogP contribution >= 0.6 is 0 Å². The van der Waals surface area contributed by atoms with Gasteiger partial charge in [0.2, 0.25) is 5.91 Å². The number of sulfone groups is 1. The molecule has 1 aromatic carbocycles. The number of nitrogens with one attached hydrogen (secondary N) is 1. The number of para-hydroxylation sites is 1. The third-order valence-electron chi connectivity index (χ3n) is 3.73. The van der Waals surface area contributed by atoms with Gasteiger partial charge in [-0.05, 0) is 30.9 Å². The van der Waals surface area contributed by atoms with E-state index in [4.69, 9.17) is 5.73 Å². The van der Waals surface area contributed by atoms with Crippen molar-refractivity contribution in [1.29, 1.82) is 0 Å². The van der Waals surface area contributed by atoms with E-state index in [0.717, 1.165) is 24.1 Å². The predicted molar refractivity (Wildman–Crippen MR) is 79.2 cm³/mol. The van der Waals surface area contributed by atoms with Crippen LogP contribution in [-0.2, 0) is 21.1 Å². The minimum atomic E-state index is -3.06. The standard InChI is InChI=1S/C14H20N2O3S/c1-20(18,19)13-8-4-7-12(13)16-11-6-3-2-5-10(11)9-14(15)17/h2-3,5-6,12-13,16H,4,7-9H2,1H3,(H2,15,17). The zero-order chi connectivity index (χ0) is 14.8. The summed E-state index contributed by atoms with van der Waals surface area (Å²) in [5, 5.41) is 2.93. The first kappa shape index (κ1) is 14.8. The molecule has 0 spiro atoms. The fourth-order valence-corrected chi connectivity index (χ4v) is 4.20. The summed E-state index contributed by atoms with van der Waals surface area (Å²) in [5.74, 6) is -0.398. The maximum absolute atomic E-state index is 11.8. The number of hydrogen-bond acceptors (Lipinski definition) is 4. The lowest BCUT2D eigenvalue weighted by molar-refractivity contribution is -0.117. The Morgan fingerprint density at radius 2 is 2.05 bits per heavy atom. The highest BCUT2D eigenvalue weighted by molar-refractivity contribution is 7.91. The largest absolute Gasteiger partial charge is 0.381 e. The van der Waals surface area contributed by atoms with Crippen molar-refractivity contribution in [3.05, 3.63) is 29.8 Å². The van der Waals surface area contributed by atoms with Crippen LogP contribution in [0.15, 0.2) is 24.3 Å². The first-order valence-electron chi connectivity index (χ1n) is 6.69. The molecule has 1 aliphatic carbocycles. The molecule has 20 heavy (non-hydrogen) atoms. The highest BCUT2D eigenvalue weighted by Gasteiger charge is 2.34. The Morgan fingerprint density at radius 1 is 1.35 bits per heavy atom. The van der Waals surface area contributed by atoms with Crippen LogP contribution in [0.4, 0.5) is 5.69 Å². The molecule has 110 valence electrons. The Kier molecular flexibility index (Phi) is 4.32. The fourth-order valence-electron chi connectivity index (χ4n) is 2.81. The van der Waals surface area contributed by atoms with Gasteiger partial charge in [-0.1, -0.05) is 18.2 Å². The molecule has 1 aromatic rings. The molecule has 0 heterocycles. The Hall–Kier alpha value is -1.56. The Balaban J connectivity index is 2.19. The summed E-state index contributed by atoms with van der Waals surface area (Å²) >= 11 is 0. The molecule has 0 aliphatic heterocycles. The van der Waals surface area contributed by atoms with Crippen molar-refractivity contribution in [2.75, 3.05) is 11.6 Å². The van der Waals surface area contributed by atoms with E-state index in [1.54, 1.807) is 0 Å². The predicted octanol–water partition coefficient (Wildman–Crippen LogP) is 1.09. The number of primary amides is 1. The van der Waals surface area contributed by atoms with E-state index in [2.05, 4.69) is 5.32 Å². The first-order chi connectivity index (χ1) is 9.38. The summed E-state index contributed by atoms with van der Waals surface area (Å²) in [6.07, 6.45) is 3.84. The summed E-state index contributed by atoms with van der Waals surface area (Å²) in [4.78, 5) is 11.1. The number of carbonyl (C=O) groups is 1. The third kappa shape index (κ3) is 3.50. The minimum Gasteiger partial charge on any atom is -0.381 e. The van der Waals surface area contributed by atoms with Crippen LogP contribution in [0.25, 0.3) is 0 Å². The van der Waals surface area contributed by atoms with Crippen LogP contribution in [0.5, 0.6) is 0 Å². The van der Waals surface area contributed by atoms with E-state index >= 15 is 0 Å². The van der Waals surface area contributed by atoms with Crippen LogP contribution in [0, 0.1) is 0 Å². The second kappa shape index (κ2) is 5.83. The molecule has 2 atom stereocenters. The molecule has 1 saturated carbocycles. The Morgan fingerprint density at radius 3 is 2.70 bits per heavy atom. The average molecular weight is 296 g/mol. The van der Waals surface area contributed by atoms with Gasteiger partial charge in [-0.25, -0.2) is 8.42 Å². The molecular formula is C14H20N2O3S. The van der Waals surface area contributed by atoms with Crippen molar-refractivity contribution in [2.45, 2.75) is 37.0 Å². The fraction of sp³-hybridized carbons (Fsp3) is 0.500. The number of rotatable bonds is 5. The number of hydrogen-bond donors (Lipinski definition) is 2. The molecular weight excluding hydrogens is 276 g/mol. The normalized spacial score (nSPS) is 22.6. The van der Waals surface area contributed by atoms with Crippen LogP contribution < -0.4 is 11.1 Å². The molecule has 0 aromatic heterocycles. The average Bonchev–Trinajstić information content (AvgIpc) is 2.79. The molecule has 0 saturated heterocycles. The van der Waals surface area contributed by atoms with Crippen LogP contribution in [0.1, 0.15) is 24.8 Å². The van der Waals surface area contributed by atoms with E-state index in [9.17, 15) is 13.2 Å². The summed E-state index contributed by atoms with van der Waals surface area (Å²) < 4.78 is 23.6. The molecule has 1 aliphatic rings. The van der Waals surface area contributed by atoms with Gasteiger partial charge in [0.25, 0.3) is 0 Å². The Labute approximate surface area is 119 Å². The van der Waals surface area contributed by atoms with Crippen molar-refractivity contribution < 1.29 is 13.2 Å². The lowest BCUT2D eigenvalue weighted by atomic mass is 10.1. The van der Waals surface area contributed by atoms with E-state index in [1.807, 2.05) is 24.3 Å². The molecule has 0 bridgehead atoms. The molecule has 6 heteroatoms. The number of nitrogens with two attached hydrogens (primary N) is 1. The summed E-state index contributed by atoms with van der Waals surface area (Å²) in [7, 11) is -3.06. The van der Waals surface area contributed by atoms with Gasteiger partial charge < -0.3 is 11.1 Å². The second-order valence-corrected chi connectivity index (χ2v) is 7.61. The topological polar surface area (TPSA) is 89.3 Å². The van der Waals surface area contributed by atoms with E-state index in [1.165, 1.54) is 6.26 Å². The number of anilines is 1. The van der Waals surface area contributed by atoms with E-state index < -0.39 is 15.7 Å². The Bertz CT molecular complexity index is 598. The third-order valence-corrected chi connectivity index (χ3v) is 5.39. The summed E-state index contributed by atoms with van der Waals surface area (Å²) in [6.45, 7) is 0. The molecule has 1 amide bonds. The highest BCUT2D eigenvalue weighted by atomic mass is 32.2. The molecule has 3 N–H and O–H groups in total. The monoisotopic (exact) mass is 296 g/mol. The van der Waals surface area contributed by atoms with Crippen molar-refractivity contribution in [3.8, 4) is 0 Å². The van der Waals surface area contributed by atoms with Gasteiger partial charge in [0.1, 0.15) is 0 Å². The molecule has 5 nitrogen and oxygen atoms in total. The van der Waals surface area contributed by atoms with E-state index in [-0.39, 0.29) is 17.7 Å². The maximum atomic E-state index is 11.8. The first-order valence-corrected chi connectivity index (χ1v) is 8.65. The molecule has 2 rings (SSSR count). The zero-order valence-electron chi connectivity index (χ0n) is 11.5. The quantitative estimate of drug-likeness (QED) is 0.851. The van der Waals surface area contributed by atoms with Crippen molar-refractivity contribution in [1.82, 2.24) is 0 Å². The number of carbonyl (C=O) groups excluding carboxylic acids is 1. The lowest BCUT2D eigenvalue weighted by Crippen LogP contribution is -2.34. The van der Waals surface area contributed by atoms with Crippen molar-refractivity contribution in [2.24, 2.45) is 5.73 Å². The zero-order valence-corrected chi connectivity index (χ0v) is 12.3. The minimum absolute atomic E-state index is 0.0981. The van der Waals surface area contributed by atoms with Crippen molar-refractivity contribution in [3.63, 3.8) is 0 Å². The lowest BCUT2D eigenvalue weighted by Gasteiger charge is -2.22. The van der Waals surface area contributed by atoms with Gasteiger partial charge in [0.15, 0.2) is 9.84 Å². The summed E-state index contributed by atoms with van der Waals surface area (Å²) in [5.41, 5.74) is 6.84. The molecule has 2 unspecified atom stereocenters. The number of benzene rings is 1. The second-order valence-electron chi connectivity index (χ2n) is 5.35. The molecule has 0 radical (unpaired) electrons. The van der Waals surface area contributed by atoms with Gasteiger partial charge in [-0.3, -0.25) is 4.79 Å². The maximum Gasteiger partial charge on any atom is 0.221 e. The molecule has 1 fully saturated rings. The summed E-state index contributed by atoms with van der Waals surface area (Å²) in [6, 6.07) is 7.29. The van der Waals surface area contributed by atoms with Gasteiger partial charge in [0.05, 0.1) is 11.7 Å². The number of amides is 1. The van der Waals surface area contributed by atoms with Crippen LogP contribution in [0.2, 0.25) is 0 Å². The highest BCUT2D eigenvalue weighted by Crippen LogP contribution is 2.29. The van der Waals surface area contributed by atoms with Gasteiger partial charge in [-0.15, -0.1) is 0 Å². The van der Waals surface area contributed by atoms with Gasteiger partial charge in [-0.2, -0.15) is 0 Å². The SMILES string of the molecule is CS(=O)(=O)C1CCCC1Nc1ccccc1CC(N)=O. The van der Waals surface area contributed by atoms with Crippen LogP contribution in [-0.4, -0.2) is 31.9 Å². The smallest absolute Gasteiger partial charge is 0.221 e. The van der Waals surface area contributed by atoms with Crippen molar-refractivity contribution >= 4 is 21.4 Å².